The molecule has 1 atom stereocenters. The maximum atomic E-state index is 11.8. The second-order valence-corrected chi connectivity index (χ2v) is 5.47. The Balaban J connectivity index is 2.49. The Morgan fingerprint density at radius 1 is 1.26 bits per heavy atom. The van der Waals surface area contributed by atoms with E-state index >= 15 is 0 Å². The van der Waals surface area contributed by atoms with Gasteiger partial charge >= 0.3 is 0 Å². The molecule has 106 valence electrons. The molecule has 0 saturated heterocycles. The van der Waals surface area contributed by atoms with Gasteiger partial charge in [0.25, 0.3) is 5.91 Å². The van der Waals surface area contributed by atoms with Crippen LogP contribution < -0.4 is 16.0 Å². The van der Waals surface area contributed by atoms with E-state index in [0.717, 1.165) is 11.3 Å². The molecule has 0 spiro atoms. The standard InChI is InChI=1S/C11H19N5O2S/c1-6(2)5-13-8(17)7(3)14-9(18)10-15-16-11(12-4)19-10/h6-7H,5H2,1-4H3,(H,12,16)(H,13,17)(H,14,18). The van der Waals surface area contributed by atoms with Gasteiger partial charge in [0.2, 0.25) is 16.0 Å². The number of nitrogens with zero attached hydrogens (tertiary/aromatic N) is 2. The van der Waals surface area contributed by atoms with Crippen molar-refractivity contribution in [3.8, 4) is 0 Å². The molecular weight excluding hydrogens is 266 g/mol. The van der Waals surface area contributed by atoms with Crippen LogP contribution in [0.4, 0.5) is 5.13 Å². The van der Waals surface area contributed by atoms with E-state index in [1.165, 1.54) is 0 Å². The lowest BCUT2D eigenvalue weighted by molar-refractivity contribution is -0.122. The first-order valence-corrected chi connectivity index (χ1v) is 6.85. The number of aromatic nitrogens is 2. The highest BCUT2D eigenvalue weighted by atomic mass is 32.1. The molecular formula is C11H19N5O2S. The minimum Gasteiger partial charge on any atom is -0.363 e. The van der Waals surface area contributed by atoms with Crippen LogP contribution in [0, 0.1) is 5.92 Å². The number of hydrogen-bond donors (Lipinski definition) is 3. The fourth-order valence-corrected chi connectivity index (χ4v) is 1.80. The van der Waals surface area contributed by atoms with E-state index in [9.17, 15) is 9.59 Å². The van der Waals surface area contributed by atoms with Crippen LogP contribution >= 0.6 is 11.3 Å². The van der Waals surface area contributed by atoms with Crippen molar-refractivity contribution in [1.29, 1.82) is 0 Å². The summed E-state index contributed by atoms with van der Waals surface area (Å²) >= 11 is 1.14. The molecule has 0 bridgehead atoms. The van der Waals surface area contributed by atoms with E-state index in [4.69, 9.17) is 0 Å². The lowest BCUT2D eigenvalue weighted by Gasteiger charge is -2.14. The van der Waals surface area contributed by atoms with Gasteiger partial charge in [-0.05, 0) is 12.8 Å². The van der Waals surface area contributed by atoms with Gasteiger partial charge in [0.05, 0.1) is 0 Å². The maximum absolute atomic E-state index is 11.8. The molecule has 8 heteroatoms. The number of anilines is 1. The van der Waals surface area contributed by atoms with E-state index < -0.39 is 11.9 Å². The van der Waals surface area contributed by atoms with Crippen molar-refractivity contribution in [3.63, 3.8) is 0 Å². The minimum atomic E-state index is -0.604. The van der Waals surface area contributed by atoms with Crippen LogP contribution in [0.2, 0.25) is 0 Å². The molecule has 0 aliphatic carbocycles. The third-order valence-corrected chi connectivity index (χ3v) is 3.20. The molecule has 1 rings (SSSR count). The molecule has 1 aromatic rings. The molecule has 0 aromatic carbocycles. The number of nitrogens with one attached hydrogen (secondary N) is 3. The highest BCUT2D eigenvalue weighted by molar-refractivity contribution is 7.17. The van der Waals surface area contributed by atoms with Crippen molar-refractivity contribution in [2.24, 2.45) is 5.92 Å². The monoisotopic (exact) mass is 285 g/mol. The van der Waals surface area contributed by atoms with Crippen LogP contribution in [-0.4, -0.2) is 41.6 Å². The fraction of sp³-hybridized carbons (Fsp3) is 0.636. The van der Waals surface area contributed by atoms with Crippen LogP contribution in [0.1, 0.15) is 30.6 Å². The largest absolute Gasteiger partial charge is 0.363 e. The lowest BCUT2D eigenvalue weighted by atomic mass is 10.2. The second-order valence-electron chi connectivity index (χ2n) is 4.50. The first-order chi connectivity index (χ1) is 8.93. The predicted octanol–water partition coefficient (Wildman–Crippen LogP) is 0.470. The fourth-order valence-electron chi connectivity index (χ4n) is 1.20. The zero-order valence-electron chi connectivity index (χ0n) is 11.5. The van der Waals surface area contributed by atoms with Gasteiger partial charge in [0.15, 0.2) is 0 Å². The third-order valence-electron chi connectivity index (χ3n) is 2.26. The van der Waals surface area contributed by atoms with E-state index in [-0.39, 0.29) is 10.9 Å². The molecule has 0 aliphatic heterocycles. The van der Waals surface area contributed by atoms with Gasteiger partial charge in [0.1, 0.15) is 6.04 Å². The molecule has 1 unspecified atom stereocenters. The van der Waals surface area contributed by atoms with Gasteiger partial charge in [0, 0.05) is 13.6 Å². The summed E-state index contributed by atoms with van der Waals surface area (Å²) in [5.74, 6) is -0.236. The van der Waals surface area contributed by atoms with Gasteiger partial charge in [-0.25, -0.2) is 0 Å². The van der Waals surface area contributed by atoms with E-state index in [1.807, 2.05) is 13.8 Å². The Morgan fingerprint density at radius 2 is 1.95 bits per heavy atom. The van der Waals surface area contributed by atoms with E-state index in [2.05, 4.69) is 26.1 Å². The van der Waals surface area contributed by atoms with Crippen molar-refractivity contribution in [1.82, 2.24) is 20.8 Å². The highest BCUT2D eigenvalue weighted by Crippen LogP contribution is 2.13. The smallest absolute Gasteiger partial charge is 0.282 e. The molecule has 0 fully saturated rings. The molecule has 0 radical (unpaired) electrons. The molecule has 0 saturated carbocycles. The summed E-state index contributed by atoms with van der Waals surface area (Å²) in [4.78, 5) is 23.5. The number of rotatable bonds is 6. The first kappa shape index (κ1) is 15.4. The van der Waals surface area contributed by atoms with Crippen molar-refractivity contribution < 1.29 is 9.59 Å². The zero-order valence-corrected chi connectivity index (χ0v) is 12.3. The van der Waals surface area contributed by atoms with Crippen LogP contribution in [0.15, 0.2) is 0 Å². The molecule has 19 heavy (non-hydrogen) atoms. The number of amides is 2. The Labute approximate surface area is 116 Å². The topological polar surface area (TPSA) is 96.0 Å². The lowest BCUT2D eigenvalue weighted by Crippen LogP contribution is -2.45. The summed E-state index contributed by atoms with van der Waals surface area (Å²) in [5, 5.41) is 16.4. The van der Waals surface area contributed by atoms with Gasteiger partial charge in [-0.15, -0.1) is 10.2 Å². The van der Waals surface area contributed by atoms with Gasteiger partial charge in [-0.3, -0.25) is 9.59 Å². The SMILES string of the molecule is CNc1nnc(C(=O)NC(C)C(=O)NCC(C)C)s1. The Bertz CT molecular complexity index is 446. The molecule has 3 N–H and O–H groups in total. The van der Waals surface area contributed by atoms with Crippen LogP contribution in [0.5, 0.6) is 0 Å². The van der Waals surface area contributed by atoms with E-state index in [1.54, 1.807) is 14.0 Å². The molecule has 2 amide bonds. The molecule has 0 aliphatic rings. The summed E-state index contributed by atoms with van der Waals surface area (Å²) in [6, 6.07) is -0.604. The van der Waals surface area contributed by atoms with Gasteiger partial charge in [-0.1, -0.05) is 25.2 Å². The molecule has 7 nitrogen and oxygen atoms in total. The summed E-state index contributed by atoms with van der Waals surface area (Å²) in [7, 11) is 1.70. The summed E-state index contributed by atoms with van der Waals surface area (Å²) in [6.45, 7) is 6.23. The van der Waals surface area contributed by atoms with Crippen molar-refractivity contribution in [2.45, 2.75) is 26.8 Å². The average molecular weight is 285 g/mol. The normalized spacial score (nSPS) is 12.1. The van der Waals surface area contributed by atoms with Gasteiger partial charge in [-0.2, -0.15) is 0 Å². The van der Waals surface area contributed by atoms with Crippen molar-refractivity contribution in [2.75, 3.05) is 18.9 Å². The van der Waals surface area contributed by atoms with Gasteiger partial charge < -0.3 is 16.0 Å². The molecule has 1 aromatic heterocycles. The summed E-state index contributed by atoms with van der Waals surface area (Å²) in [6.07, 6.45) is 0. The predicted molar refractivity (Wildman–Crippen MR) is 74.2 cm³/mol. The van der Waals surface area contributed by atoms with Crippen molar-refractivity contribution in [3.05, 3.63) is 5.01 Å². The van der Waals surface area contributed by atoms with Crippen LogP contribution in [0.25, 0.3) is 0 Å². The minimum absolute atomic E-state index is 0.208. The van der Waals surface area contributed by atoms with E-state index in [0.29, 0.717) is 17.6 Å². The van der Waals surface area contributed by atoms with Crippen LogP contribution in [0.3, 0.4) is 0 Å². The highest BCUT2D eigenvalue weighted by Gasteiger charge is 2.19. The quantitative estimate of drug-likeness (QED) is 0.706. The summed E-state index contributed by atoms with van der Waals surface area (Å²) < 4.78 is 0. The average Bonchev–Trinajstić information content (AvgIpc) is 2.84. The second kappa shape index (κ2) is 7.03. The summed E-state index contributed by atoms with van der Waals surface area (Å²) in [5.41, 5.74) is 0. The van der Waals surface area contributed by atoms with Crippen LogP contribution in [-0.2, 0) is 4.79 Å². The maximum Gasteiger partial charge on any atom is 0.282 e. The number of carbonyl (C=O) groups excluding carboxylic acids is 2. The Kier molecular flexibility index (Phi) is 5.68. The Hall–Kier alpha value is -1.70. The zero-order chi connectivity index (χ0) is 14.4. The molecule has 1 heterocycles. The first-order valence-electron chi connectivity index (χ1n) is 6.03. The number of carbonyl (C=O) groups is 2. The van der Waals surface area contributed by atoms with Crippen molar-refractivity contribution >= 4 is 28.3 Å². The Morgan fingerprint density at radius 3 is 2.47 bits per heavy atom. The number of hydrogen-bond acceptors (Lipinski definition) is 6. The third kappa shape index (κ3) is 4.82.